The zero-order valence-electron chi connectivity index (χ0n) is 10.4. The third kappa shape index (κ3) is 2.24. The van der Waals surface area contributed by atoms with Gasteiger partial charge in [-0.05, 0) is 34.1 Å². The van der Waals surface area contributed by atoms with Crippen molar-refractivity contribution < 1.29 is 19.4 Å². The van der Waals surface area contributed by atoms with Gasteiger partial charge in [0.2, 0.25) is 0 Å². The van der Waals surface area contributed by atoms with Gasteiger partial charge in [-0.1, -0.05) is 0 Å². The summed E-state index contributed by atoms with van der Waals surface area (Å²) in [6.45, 7) is 1.22. The number of carbonyl (C=O) groups is 1. The number of halogens is 1. The molecule has 0 spiro atoms. The molecule has 3 rings (SSSR count). The molecule has 1 aromatic carbocycles. The number of aromatic carboxylic acids is 1. The van der Waals surface area contributed by atoms with Gasteiger partial charge in [0.15, 0.2) is 17.2 Å². The molecule has 0 bridgehead atoms. The second-order valence-corrected chi connectivity index (χ2v) is 5.07. The van der Waals surface area contributed by atoms with E-state index in [1.54, 1.807) is 12.1 Å². The number of aromatic nitrogens is 2. The Morgan fingerprint density at radius 2 is 2.05 bits per heavy atom. The summed E-state index contributed by atoms with van der Waals surface area (Å²) in [5.74, 6) is 0.271. The fourth-order valence-electron chi connectivity index (χ4n) is 1.97. The average molecular weight is 339 g/mol. The van der Waals surface area contributed by atoms with E-state index in [1.165, 1.54) is 0 Å². The molecule has 2 heterocycles. The van der Waals surface area contributed by atoms with E-state index in [0.29, 0.717) is 34.9 Å². The number of rotatable bonds is 2. The zero-order chi connectivity index (χ0) is 14.1. The van der Waals surface area contributed by atoms with Crippen LogP contribution in [0.3, 0.4) is 0 Å². The van der Waals surface area contributed by atoms with Crippen molar-refractivity contribution in [2.75, 3.05) is 13.2 Å². The van der Waals surface area contributed by atoms with Crippen LogP contribution in [0, 0.1) is 0 Å². The largest absolute Gasteiger partial charge is 0.490 e. The number of aromatic amines is 1. The van der Waals surface area contributed by atoms with Crippen molar-refractivity contribution in [2.45, 2.75) is 6.42 Å². The van der Waals surface area contributed by atoms with Gasteiger partial charge in [-0.3, -0.25) is 5.10 Å². The Balaban J connectivity index is 2.03. The van der Waals surface area contributed by atoms with Gasteiger partial charge in [-0.25, -0.2) is 4.79 Å². The Kier molecular flexibility index (Phi) is 3.35. The minimum absolute atomic E-state index is 0.0205. The summed E-state index contributed by atoms with van der Waals surface area (Å²) < 4.78 is 11.6. The van der Waals surface area contributed by atoms with Crippen LogP contribution < -0.4 is 9.47 Å². The van der Waals surface area contributed by atoms with Crippen LogP contribution >= 0.6 is 15.9 Å². The number of carboxylic acids is 1. The molecule has 1 aliphatic rings. The van der Waals surface area contributed by atoms with Crippen molar-refractivity contribution in [3.8, 4) is 22.8 Å². The van der Waals surface area contributed by atoms with E-state index in [1.807, 2.05) is 6.07 Å². The second kappa shape index (κ2) is 5.16. The van der Waals surface area contributed by atoms with Crippen molar-refractivity contribution in [2.24, 2.45) is 0 Å². The second-order valence-electron chi connectivity index (χ2n) is 4.28. The van der Waals surface area contributed by atoms with Gasteiger partial charge in [-0.2, -0.15) is 5.10 Å². The normalized spacial score (nSPS) is 13.8. The first kappa shape index (κ1) is 13.0. The number of hydrogen-bond donors (Lipinski definition) is 2. The van der Waals surface area contributed by atoms with E-state index >= 15 is 0 Å². The molecule has 0 aliphatic carbocycles. The Labute approximate surface area is 122 Å². The first-order valence-corrected chi connectivity index (χ1v) is 6.83. The van der Waals surface area contributed by atoms with E-state index in [2.05, 4.69) is 26.1 Å². The minimum Gasteiger partial charge on any atom is -0.490 e. The van der Waals surface area contributed by atoms with Crippen LogP contribution in [0.5, 0.6) is 11.5 Å². The van der Waals surface area contributed by atoms with Crippen LogP contribution in [0.15, 0.2) is 22.7 Å². The monoisotopic (exact) mass is 338 g/mol. The number of ether oxygens (including phenoxy) is 2. The highest BCUT2D eigenvalue weighted by atomic mass is 79.9. The first-order chi connectivity index (χ1) is 9.66. The van der Waals surface area contributed by atoms with Gasteiger partial charge < -0.3 is 14.6 Å². The van der Waals surface area contributed by atoms with Crippen molar-refractivity contribution in [3.05, 3.63) is 28.4 Å². The maximum Gasteiger partial charge on any atom is 0.355 e. The summed E-state index contributed by atoms with van der Waals surface area (Å²) in [4.78, 5) is 11.0. The van der Waals surface area contributed by atoms with Gasteiger partial charge >= 0.3 is 5.97 Å². The fraction of sp³-hybridized carbons (Fsp3) is 0.231. The SMILES string of the molecule is O=C(O)c1[nH]nc(-c2ccc3c(c2)OCCCO3)c1Br. The lowest BCUT2D eigenvalue weighted by molar-refractivity contribution is 0.0689. The molecule has 0 fully saturated rings. The third-order valence-corrected chi connectivity index (χ3v) is 3.71. The lowest BCUT2D eigenvalue weighted by atomic mass is 10.1. The average Bonchev–Trinajstić information content (AvgIpc) is 2.68. The van der Waals surface area contributed by atoms with Crippen molar-refractivity contribution >= 4 is 21.9 Å². The van der Waals surface area contributed by atoms with Crippen molar-refractivity contribution in [3.63, 3.8) is 0 Å². The lowest BCUT2D eigenvalue weighted by Crippen LogP contribution is -1.97. The van der Waals surface area contributed by atoms with Crippen LogP contribution in [0.4, 0.5) is 0 Å². The lowest BCUT2D eigenvalue weighted by Gasteiger charge is -2.08. The molecule has 1 aliphatic heterocycles. The van der Waals surface area contributed by atoms with E-state index in [4.69, 9.17) is 14.6 Å². The van der Waals surface area contributed by atoms with Crippen LogP contribution in [-0.2, 0) is 0 Å². The smallest absolute Gasteiger partial charge is 0.355 e. The maximum absolute atomic E-state index is 11.0. The number of benzene rings is 1. The molecule has 104 valence electrons. The Morgan fingerprint density at radius 1 is 1.30 bits per heavy atom. The Morgan fingerprint density at radius 3 is 2.75 bits per heavy atom. The van der Waals surface area contributed by atoms with Gasteiger partial charge in [0.25, 0.3) is 0 Å². The molecular weight excluding hydrogens is 328 g/mol. The Bertz CT molecular complexity index is 668. The molecule has 20 heavy (non-hydrogen) atoms. The quantitative estimate of drug-likeness (QED) is 0.879. The van der Waals surface area contributed by atoms with Gasteiger partial charge in [-0.15, -0.1) is 0 Å². The predicted molar refractivity (Wildman–Crippen MR) is 74.3 cm³/mol. The molecule has 0 radical (unpaired) electrons. The number of fused-ring (bicyclic) bond motifs is 1. The summed E-state index contributed by atoms with van der Waals surface area (Å²) in [7, 11) is 0. The molecule has 0 amide bonds. The molecule has 2 aromatic rings. The highest BCUT2D eigenvalue weighted by Crippen LogP contribution is 2.36. The zero-order valence-corrected chi connectivity index (χ0v) is 11.9. The Hall–Kier alpha value is -2.02. The van der Waals surface area contributed by atoms with E-state index in [-0.39, 0.29) is 5.69 Å². The standard InChI is InChI=1S/C13H11BrN2O4/c14-10-11(15-16-12(10)13(17)18)7-2-3-8-9(6-7)20-5-1-4-19-8/h2-3,6H,1,4-5H2,(H,15,16)(H,17,18). The number of nitrogens with zero attached hydrogens (tertiary/aromatic N) is 1. The number of hydrogen-bond acceptors (Lipinski definition) is 4. The van der Waals surface area contributed by atoms with Crippen LogP contribution in [0.2, 0.25) is 0 Å². The summed E-state index contributed by atoms with van der Waals surface area (Å²) in [5, 5.41) is 15.5. The molecule has 0 saturated carbocycles. The molecule has 7 heteroatoms. The third-order valence-electron chi connectivity index (χ3n) is 2.94. The minimum atomic E-state index is -1.06. The molecule has 1 aromatic heterocycles. The first-order valence-electron chi connectivity index (χ1n) is 6.04. The number of nitrogens with one attached hydrogen (secondary N) is 1. The number of carboxylic acid groups (broad SMARTS) is 1. The van der Waals surface area contributed by atoms with Gasteiger partial charge in [0.1, 0.15) is 5.69 Å². The number of H-pyrrole nitrogens is 1. The van der Waals surface area contributed by atoms with Gasteiger partial charge in [0, 0.05) is 12.0 Å². The highest BCUT2D eigenvalue weighted by Gasteiger charge is 2.19. The summed E-state index contributed by atoms with van der Waals surface area (Å²) in [6.07, 6.45) is 0.833. The summed E-state index contributed by atoms with van der Waals surface area (Å²) in [6, 6.07) is 5.42. The van der Waals surface area contributed by atoms with E-state index in [9.17, 15) is 4.79 Å². The predicted octanol–water partition coefficient (Wildman–Crippen LogP) is 2.70. The van der Waals surface area contributed by atoms with Gasteiger partial charge in [0.05, 0.1) is 17.7 Å². The summed E-state index contributed by atoms with van der Waals surface area (Å²) in [5.41, 5.74) is 1.30. The molecule has 6 nitrogen and oxygen atoms in total. The van der Waals surface area contributed by atoms with Crippen LogP contribution in [0.1, 0.15) is 16.9 Å². The van der Waals surface area contributed by atoms with Crippen molar-refractivity contribution in [1.29, 1.82) is 0 Å². The fourth-order valence-corrected chi connectivity index (χ4v) is 2.55. The van der Waals surface area contributed by atoms with E-state index < -0.39 is 5.97 Å². The molecule has 0 unspecified atom stereocenters. The molecule has 0 atom stereocenters. The van der Waals surface area contributed by atoms with Crippen LogP contribution in [0.25, 0.3) is 11.3 Å². The molecule has 0 saturated heterocycles. The highest BCUT2D eigenvalue weighted by molar-refractivity contribution is 9.10. The molecule has 2 N–H and O–H groups in total. The van der Waals surface area contributed by atoms with Crippen LogP contribution in [-0.4, -0.2) is 34.5 Å². The van der Waals surface area contributed by atoms with E-state index in [0.717, 1.165) is 12.0 Å². The topological polar surface area (TPSA) is 84.4 Å². The van der Waals surface area contributed by atoms with Crippen molar-refractivity contribution in [1.82, 2.24) is 10.2 Å². The maximum atomic E-state index is 11.0. The molecular formula is C13H11BrN2O4. The summed E-state index contributed by atoms with van der Waals surface area (Å²) >= 11 is 3.25.